The van der Waals surface area contributed by atoms with Crippen molar-refractivity contribution in [2.75, 3.05) is 26.0 Å². The summed E-state index contributed by atoms with van der Waals surface area (Å²) in [6.07, 6.45) is 2.60. The monoisotopic (exact) mass is 327 g/mol. The Morgan fingerprint density at radius 3 is 2.68 bits per heavy atom. The molecule has 1 fully saturated rings. The number of nitrogens with one attached hydrogen (secondary N) is 1. The van der Waals surface area contributed by atoms with Gasteiger partial charge < -0.3 is 10.2 Å². The molecule has 0 amide bonds. The van der Waals surface area contributed by atoms with Gasteiger partial charge >= 0.3 is 0 Å². The van der Waals surface area contributed by atoms with Crippen LogP contribution in [0.25, 0.3) is 0 Å². The quantitative estimate of drug-likeness (QED) is 0.644. The highest BCUT2D eigenvalue weighted by Crippen LogP contribution is 2.35. The molecular weight excluding hydrogens is 310 g/mol. The van der Waals surface area contributed by atoms with Gasteiger partial charge in [-0.2, -0.15) is 0 Å². The van der Waals surface area contributed by atoms with Crippen molar-refractivity contribution in [2.24, 2.45) is 5.92 Å². The van der Waals surface area contributed by atoms with Gasteiger partial charge in [-0.25, -0.2) is 0 Å². The van der Waals surface area contributed by atoms with Crippen LogP contribution >= 0.6 is 15.9 Å². The molecular formula is C13H18BrN3O2. The maximum atomic E-state index is 10.7. The summed E-state index contributed by atoms with van der Waals surface area (Å²) in [5.41, 5.74) is 1.00. The Kier molecular flexibility index (Phi) is 4.42. The molecule has 6 heteroatoms. The van der Waals surface area contributed by atoms with Crippen LogP contribution < -0.4 is 5.32 Å². The summed E-state index contributed by atoms with van der Waals surface area (Å²) in [5, 5.41) is 14.0. The summed E-state index contributed by atoms with van der Waals surface area (Å²) >= 11 is 3.37. The number of non-ortho nitro benzene ring substituents is 1. The Morgan fingerprint density at radius 2 is 2.21 bits per heavy atom. The summed E-state index contributed by atoms with van der Waals surface area (Å²) < 4.78 is 0.731. The van der Waals surface area contributed by atoms with E-state index in [0.29, 0.717) is 6.04 Å². The van der Waals surface area contributed by atoms with Crippen LogP contribution in [0.3, 0.4) is 0 Å². The first-order valence-corrected chi connectivity index (χ1v) is 7.12. The molecule has 1 aromatic carbocycles. The number of nitro benzene ring substituents is 1. The van der Waals surface area contributed by atoms with E-state index in [9.17, 15) is 10.1 Å². The zero-order valence-corrected chi connectivity index (χ0v) is 12.7. The van der Waals surface area contributed by atoms with Crippen molar-refractivity contribution < 1.29 is 4.92 Å². The van der Waals surface area contributed by atoms with E-state index >= 15 is 0 Å². The molecule has 2 rings (SSSR count). The third-order valence-electron chi connectivity index (χ3n) is 3.49. The second-order valence-electron chi connectivity index (χ2n) is 5.17. The number of benzene rings is 1. The van der Waals surface area contributed by atoms with Gasteiger partial charge in [-0.15, -0.1) is 0 Å². The summed E-state index contributed by atoms with van der Waals surface area (Å²) in [6, 6.07) is 5.32. The smallest absolute Gasteiger partial charge is 0.270 e. The standard InChI is InChI=1S/C13H18BrN3O2/c1-16(2)13(9-3-4-9)8-15-12-6-5-10(17(18)19)7-11(12)14/h5-7,9,13,15H,3-4,8H2,1-2H3. The zero-order chi connectivity index (χ0) is 14.0. The second-order valence-corrected chi connectivity index (χ2v) is 6.02. The molecule has 1 atom stereocenters. The molecule has 1 aromatic rings. The third kappa shape index (κ3) is 3.67. The minimum atomic E-state index is -0.388. The fraction of sp³-hybridized carbons (Fsp3) is 0.538. The van der Waals surface area contributed by atoms with Gasteiger partial charge in [0, 0.05) is 34.9 Å². The van der Waals surface area contributed by atoms with E-state index in [-0.39, 0.29) is 10.6 Å². The maximum Gasteiger partial charge on any atom is 0.270 e. The summed E-state index contributed by atoms with van der Waals surface area (Å²) in [6.45, 7) is 0.855. The number of anilines is 1. The highest BCUT2D eigenvalue weighted by molar-refractivity contribution is 9.10. The first-order valence-electron chi connectivity index (χ1n) is 6.33. The van der Waals surface area contributed by atoms with E-state index in [0.717, 1.165) is 22.6 Å². The van der Waals surface area contributed by atoms with Crippen LogP contribution in [0, 0.1) is 16.0 Å². The largest absolute Gasteiger partial charge is 0.383 e. The van der Waals surface area contributed by atoms with Gasteiger partial charge in [-0.05, 0) is 54.9 Å². The Morgan fingerprint density at radius 1 is 1.53 bits per heavy atom. The number of likely N-dealkylation sites (N-methyl/N-ethyl adjacent to an activating group) is 1. The lowest BCUT2D eigenvalue weighted by molar-refractivity contribution is -0.384. The second kappa shape index (κ2) is 5.88. The van der Waals surface area contributed by atoms with Gasteiger partial charge in [-0.1, -0.05) is 0 Å². The number of nitrogens with zero attached hydrogens (tertiary/aromatic N) is 2. The molecule has 0 aliphatic heterocycles. The van der Waals surface area contributed by atoms with Crippen LogP contribution in [0.5, 0.6) is 0 Å². The summed E-state index contributed by atoms with van der Waals surface area (Å²) in [7, 11) is 4.19. The first-order chi connectivity index (χ1) is 8.99. The highest BCUT2D eigenvalue weighted by atomic mass is 79.9. The predicted molar refractivity (Wildman–Crippen MR) is 79.5 cm³/mol. The average Bonchev–Trinajstić information content (AvgIpc) is 3.15. The maximum absolute atomic E-state index is 10.7. The highest BCUT2D eigenvalue weighted by Gasteiger charge is 2.32. The molecule has 1 unspecified atom stereocenters. The molecule has 5 nitrogen and oxygen atoms in total. The SMILES string of the molecule is CN(C)C(CNc1ccc([N+](=O)[O-])cc1Br)C1CC1. The molecule has 1 aliphatic rings. The lowest BCUT2D eigenvalue weighted by Crippen LogP contribution is -2.36. The van der Waals surface area contributed by atoms with Gasteiger partial charge in [0.2, 0.25) is 0 Å². The number of halogens is 1. The van der Waals surface area contributed by atoms with E-state index < -0.39 is 0 Å². The van der Waals surface area contributed by atoms with Crippen LogP contribution in [-0.2, 0) is 0 Å². The first kappa shape index (κ1) is 14.3. The van der Waals surface area contributed by atoms with E-state index in [2.05, 4.69) is 40.2 Å². The number of hydrogen-bond donors (Lipinski definition) is 1. The van der Waals surface area contributed by atoms with Crippen molar-refractivity contribution in [3.8, 4) is 0 Å². The number of nitro groups is 1. The van der Waals surface area contributed by atoms with Crippen LogP contribution in [0.2, 0.25) is 0 Å². The van der Waals surface area contributed by atoms with Crippen molar-refractivity contribution in [3.63, 3.8) is 0 Å². The zero-order valence-electron chi connectivity index (χ0n) is 11.1. The van der Waals surface area contributed by atoms with Crippen molar-refractivity contribution in [1.29, 1.82) is 0 Å². The van der Waals surface area contributed by atoms with E-state index in [4.69, 9.17) is 0 Å². The fourth-order valence-electron chi connectivity index (χ4n) is 2.23. The predicted octanol–water partition coefficient (Wildman–Crippen LogP) is 3.11. The lowest BCUT2D eigenvalue weighted by Gasteiger charge is -2.25. The molecule has 0 aromatic heterocycles. The van der Waals surface area contributed by atoms with E-state index in [1.807, 2.05) is 0 Å². The van der Waals surface area contributed by atoms with Crippen LogP contribution in [0.1, 0.15) is 12.8 Å². The van der Waals surface area contributed by atoms with Gasteiger partial charge in [0.05, 0.1) is 4.92 Å². The van der Waals surface area contributed by atoms with Gasteiger partial charge in [0.25, 0.3) is 5.69 Å². The van der Waals surface area contributed by atoms with Gasteiger partial charge in [-0.3, -0.25) is 10.1 Å². The molecule has 1 saturated carbocycles. The Hall–Kier alpha value is -1.14. The van der Waals surface area contributed by atoms with Gasteiger partial charge in [0.15, 0.2) is 0 Å². The van der Waals surface area contributed by atoms with E-state index in [1.165, 1.54) is 25.0 Å². The molecule has 0 saturated heterocycles. The third-order valence-corrected chi connectivity index (χ3v) is 4.15. The Balaban J connectivity index is 2.00. The summed E-state index contributed by atoms with van der Waals surface area (Å²) in [4.78, 5) is 12.5. The minimum Gasteiger partial charge on any atom is -0.383 e. The fourth-order valence-corrected chi connectivity index (χ4v) is 2.73. The Bertz CT molecular complexity index is 473. The minimum absolute atomic E-state index is 0.101. The number of rotatable bonds is 6. The summed E-state index contributed by atoms with van der Waals surface area (Å²) in [5.74, 6) is 0.777. The normalized spacial score (nSPS) is 16.4. The number of hydrogen-bond acceptors (Lipinski definition) is 4. The Labute approximate surface area is 121 Å². The molecule has 104 valence electrons. The van der Waals surface area contributed by atoms with Crippen molar-refractivity contribution in [2.45, 2.75) is 18.9 Å². The molecule has 1 N–H and O–H groups in total. The lowest BCUT2D eigenvalue weighted by atomic mass is 10.1. The van der Waals surface area contributed by atoms with Crippen molar-refractivity contribution in [1.82, 2.24) is 4.90 Å². The van der Waals surface area contributed by atoms with E-state index in [1.54, 1.807) is 6.07 Å². The van der Waals surface area contributed by atoms with Gasteiger partial charge in [0.1, 0.15) is 0 Å². The molecule has 0 spiro atoms. The molecule has 0 heterocycles. The van der Waals surface area contributed by atoms with Crippen molar-refractivity contribution >= 4 is 27.3 Å². The molecule has 0 bridgehead atoms. The molecule has 0 radical (unpaired) electrons. The molecule has 1 aliphatic carbocycles. The topological polar surface area (TPSA) is 58.4 Å². The van der Waals surface area contributed by atoms with Crippen LogP contribution in [0.15, 0.2) is 22.7 Å². The van der Waals surface area contributed by atoms with Crippen molar-refractivity contribution in [3.05, 3.63) is 32.8 Å². The molecule has 19 heavy (non-hydrogen) atoms. The van der Waals surface area contributed by atoms with Crippen LogP contribution in [0.4, 0.5) is 11.4 Å². The average molecular weight is 328 g/mol. The van der Waals surface area contributed by atoms with Crippen LogP contribution in [-0.4, -0.2) is 36.5 Å².